The molecule has 1 N–H and O–H groups in total. The summed E-state index contributed by atoms with van der Waals surface area (Å²) in [5.74, 6) is 0.699. The summed E-state index contributed by atoms with van der Waals surface area (Å²) in [6.45, 7) is 6.69. The van der Waals surface area contributed by atoms with E-state index in [1.807, 2.05) is 0 Å². The number of aromatic nitrogens is 2. The fraction of sp³-hybridized carbons (Fsp3) is 0.727. The van der Waals surface area contributed by atoms with Gasteiger partial charge in [0.05, 0.1) is 0 Å². The summed E-state index contributed by atoms with van der Waals surface area (Å²) in [6.07, 6.45) is 2.49. The van der Waals surface area contributed by atoms with E-state index in [9.17, 15) is 0 Å². The molecule has 0 saturated carbocycles. The summed E-state index contributed by atoms with van der Waals surface area (Å²) < 4.78 is 3.31. The van der Waals surface area contributed by atoms with Crippen LogP contribution in [0, 0.1) is 3.70 Å². The van der Waals surface area contributed by atoms with E-state index in [-0.39, 0.29) is 0 Å². The molecule has 1 aromatic rings. The minimum Gasteiger partial charge on any atom is -0.317 e. The second kappa shape index (κ2) is 4.82. The van der Waals surface area contributed by atoms with Crippen LogP contribution in [0.5, 0.6) is 0 Å². The maximum Gasteiger partial charge on any atom is 0.123 e. The van der Waals surface area contributed by atoms with Gasteiger partial charge in [-0.15, -0.1) is 0 Å². The quantitative estimate of drug-likeness (QED) is 0.849. The van der Waals surface area contributed by atoms with Gasteiger partial charge < -0.3 is 5.32 Å². The number of nitrogens with one attached hydrogen (secondary N) is 1. The number of nitrogens with zero attached hydrogens (tertiary/aromatic N) is 2. The highest BCUT2D eigenvalue weighted by atomic mass is 127. The Labute approximate surface area is 105 Å². The largest absolute Gasteiger partial charge is 0.317 e. The van der Waals surface area contributed by atoms with Gasteiger partial charge in [0, 0.05) is 17.7 Å². The van der Waals surface area contributed by atoms with E-state index in [0.29, 0.717) is 12.0 Å². The van der Waals surface area contributed by atoms with Crippen molar-refractivity contribution in [2.45, 2.75) is 38.6 Å². The summed E-state index contributed by atoms with van der Waals surface area (Å²) in [4.78, 5) is 0. The van der Waals surface area contributed by atoms with Gasteiger partial charge >= 0.3 is 0 Å². The predicted octanol–water partition coefficient (Wildman–Crippen LogP) is 2.54. The summed E-state index contributed by atoms with van der Waals surface area (Å²) >= 11 is 2.31. The molecule has 0 unspecified atom stereocenters. The first kappa shape index (κ1) is 11.4. The number of piperidine rings is 1. The molecule has 0 amide bonds. The van der Waals surface area contributed by atoms with Gasteiger partial charge in [0.2, 0.25) is 0 Å². The molecule has 0 bridgehead atoms. The molecule has 15 heavy (non-hydrogen) atoms. The molecule has 84 valence electrons. The highest BCUT2D eigenvalue weighted by Gasteiger charge is 2.21. The van der Waals surface area contributed by atoms with E-state index < -0.39 is 0 Å². The smallest absolute Gasteiger partial charge is 0.123 e. The maximum atomic E-state index is 4.57. The minimum absolute atomic E-state index is 0.471. The Hall–Kier alpha value is -0.100. The zero-order valence-corrected chi connectivity index (χ0v) is 11.5. The summed E-state index contributed by atoms with van der Waals surface area (Å²) in [5.41, 5.74) is 1.43. The minimum atomic E-state index is 0.471. The summed E-state index contributed by atoms with van der Waals surface area (Å²) in [7, 11) is 0. The van der Waals surface area contributed by atoms with Gasteiger partial charge in [-0.3, -0.25) is 4.68 Å². The van der Waals surface area contributed by atoms with Crippen molar-refractivity contribution in [3.05, 3.63) is 15.5 Å². The normalized spacial score (nSPS) is 18.7. The second-order valence-electron chi connectivity index (χ2n) is 4.45. The number of hydrogen-bond donors (Lipinski definition) is 1. The van der Waals surface area contributed by atoms with Crippen LogP contribution in [0.15, 0.2) is 6.07 Å². The summed E-state index contributed by atoms with van der Waals surface area (Å²) in [5, 5.41) is 7.98. The SMILES string of the molecule is CC(C)n1nc(I)cc1C1CCNCC1. The van der Waals surface area contributed by atoms with Crippen molar-refractivity contribution in [3.63, 3.8) is 0 Å². The van der Waals surface area contributed by atoms with Crippen molar-refractivity contribution in [1.29, 1.82) is 0 Å². The molecule has 2 rings (SSSR count). The zero-order valence-electron chi connectivity index (χ0n) is 9.33. The average Bonchev–Trinajstić information content (AvgIpc) is 2.62. The monoisotopic (exact) mass is 319 g/mol. The maximum absolute atomic E-state index is 4.57. The van der Waals surface area contributed by atoms with E-state index in [2.05, 4.69) is 57.6 Å². The Morgan fingerprint density at radius 2 is 2.13 bits per heavy atom. The number of hydrogen-bond acceptors (Lipinski definition) is 2. The van der Waals surface area contributed by atoms with Crippen molar-refractivity contribution >= 4 is 22.6 Å². The molecular formula is C11H18IN3. The third kappa shape index (κ3) is 2.53. The fourth-order valence-corrected chi connectivity index (χ4v) is 2.77. The van der Waals surface area contributed by atoms with Gasteiger partial charge in [0.25, 0.3) is 0 Å². The van der Waals surface area contributed by atoms with Gasteiger partial charge in [0.1, 0.15) is 3.70 Å². The molecular weight excluding hydrogens is 301 g/mol. The highest BCUT2D eigenvalue weighted by Crippen LogP contribution is 2.28. The molecule has 0 atom stereocenters. The lowest BCUT2D eigenvalue weighted by Gasteiger charge is -2.24. The van der Waals surface area contributed by atoms with Crippen LogP contribution < -0.4 is 5.32 Å². The molecule has 1 aliphatic rings. The predicted molar refractivity (Wildman–Crippen MR) is 70.2 cm³/mol. The first-order valence-electron chi connectivity index (χ1n) is 5.64. The number of halogens is 1. The van der Waals surface area contributed by atoms with Crippen molar-refractivity contribution in [3.8, 4) is 0 Å². The molecule has 1 fully saturated rings. The molecule has 2 heterocycles. The van der Waals surface area contributed by atoms with Crippen molar-refractivity contribution in [1.82, 2.24) is 15.1 Å². The second-order valence-corrected chi connectivity index (χ2v) is 5.56. The van der Waals surface area contributed by atoms with E-state index in [0.717, 1.165) is 16.8 Å². The van der Waals surface area contributed by atoms with E-state index >= 15 is 0 Å². The molecule has 0 aromatic carbocycles. The molecule has 0 aliphatic carbocycles. The molecule has 1 aliphatic heterocycles. The Morgan fingerprint density at radius 1 is 1.47 bits per heavy atom. The van der Waals surface area contributed by atoms with Gasteiger partial charge in [-0.2, -0.15) is 5.10 Å². The Kier molecular flexibility index (Phi) is 3.66. The van der Waals surface area contributed by atoms with Gasteiger partial charge in [-0.05, 0) is 68.4 Å². The van der Waals surface area contributed by atoms with Crippen LogP contribution in [0.4, 0.5) is 0 Å². The first-order valence-corrected chi connectivity index (χ1v) is 6.72. The van der Waals surface area contributed by atoms with Crippen LogP contribution in [0.25, 0.3) is 0 Å². The van der Waals surface area contributed by atoms with Crippen LogP contribution in [0.2, 0.25) is 0 Å². The Bertz CT molecular complexity index is 327. The van der Waals surface area contributed by atoms with E-state index in [1.54, 1.807) is 0 Å². The molecule has 0 radical (unpaired) electrons. The van der Waals surface area contributed by atoms with Gasteiger partial charge in [0.15, 0.2) is 0 Å². The summed E-state index contributed by atoms with van der Waals surface area (Å²) in [6, 6.07) is 2.72. The van der Waals surface area contributed by atoms with E-state index in [4.69, 9.17) is 0 Å². The van der Waals surface area contributed by atoms with Gasteiger partial charge in [-0.1, -0.05) is 0 Å². The van der Waals surface area contributed by atoms with E-state index in [1.165, 1.54) is 18.5 Å². The lowest BCUT2D eigenvalue weighted by molar-refractivity contribution is 0.413. The molecule has 1 aromatic heterocycles. The molecule has 1 saturated heterocycles. The lowest BCUT2D eigenvalue weighted by Crippen LogP contribution is -2.28. The Balaban J connectivity index is 2.25. The lowest BCUT2D eigenvalue weighted by atomic mass is 9.94. The fourth-order valence-electron chi connectivity index (χ4n) is 2.21. The molecule has 3 nitrogen and oxygen atoms in total. The highest BCUT2D eigenvalue weighted by molar-refractivity contribution is 14.1. The van der Waals surface area contributed by atoms with Crippen LogP contribution in [0.1, 0.15) is 44.3 Å². The third-order valence-corrected chi connectivity index (χ3v) is 3.51. The van der Waals surface area contributed by atoms with Crippen LogP contribution in [-0.4, -0.2) is 22.9 Å². The van der Waals surface area contributed by atoms with Crippen LogP contribution in [-0.2, 0) is 0 Å². The zero-order chi connectivity index (χ0) is 10.8. The van der Waals surface area contributed by atoms with Crippen LogP contribution >= 0.6 is 22.6 Å². The van der Waals surface area contributed by atoms with Gasteiger partial charge in [-0.25, -0.2) is 0 Å². The standard InChI is InChI=1S/C11H18IN3/c1-8(2)15-10(7-11(12)14-15)9-3-5-13-6-4-9/h7-9,13H,3-6H2,1-2H3. The topological polar surface area (TPSA) is 29.9 Å². The van der Waals surface area contributed by atoms with Crippen molar-refractivity contribution < 1.29 is 0 Å². The Morgan fingerprint density at radius 3 is 2.73 bits per heavy atom. The third-order valence-electron chi connectivity index (χ3n) is 2.98. The molecule has 4 heteroatoms. The average molecular weight is 319 g/mol. The van der Waals surface area contributed by atoms with Crippen LogP contribution in [0.3, 0.4) is 0 Å². The molecule has 0 spiro atoms. The van der Waals surface area contributed by atoms with Crippen molar-refractivity contribution in [2.75, 3.05) is 13.1 Å². The number of rotatable bonds is 2. The first-order chi connectivity index (χ1) is 7.18. The van der Waals surface area contributed by atoms with Crippen molar-refractivity contribution in [2.24, 2.45) is 0 Å².